The van der Waals surface area contributed by atoms with Gasteiger partial charge in [0.2, 0.25) is 0 Å². The van der Waals surface area contributed by atoms with Crippen LogP contribution in [0.4, 0.5) is 18.9 Å². The van der Waals surface area contributed by atoms with Crippen LogP contribution in [0.1, 0.15) is 11.7 Å². The van der Waals surface area contributed by atoms with Crippen molar-refractivity contribution in [3.05, 3.63) is 22.2 Å². The van der Waals surface area contributed by atoms with Crippen LogP contribution in [0.5, 0.6) is 5.75 Å². The lowest BCUT2D eigenvalue weighted by Crippen LogP contribution is -2.20. The highest BCUT2D eigenvalue weighted by Crippen LogP contribution is 2.39. The van der Waals surface area contributed by atoms with Gasteiger partial charge < -0.3 is 20.7 Å². The molecular weight excluding hydrogens is 323 g/mol. The quantitative estimate of drug-likeness (QED) is 0.738. The number of aliphatic carboxylic acids is 1. The third kappa shape index (κ3) is 3.26. The van der Waals surface area contributed by atoms with Crippen molar-refractivity contribution in [1.82, 2.24) is 0 Å². The number of carboxylic acid groups (broad SMARTS) is 1. The van der Waals surface area contributed by atoms with Crippen molar-refractivity contribution in [2.24, 2.45) is 0 Å². The van der Waals surface area contributed by atoms with Crippen LogP contribution in [0, 0.1) is 0 Å². The second-order valence-electron chi connectivity index (χ2n) is 3.17. The van der Waals surface area contributed by atoms with E-state index >= 15 is 0 Å². The summed E-state index contributed by atoms with van der Waals surface area (Å²) in [6.07, 6.45) is -7.02. The van der Waals surface area contributed by atoms with E-state index in [0.29, 0.717) is 0 Å². The Morgan fingerprint density at radius 3 is 2.44 bits per heavy atom. The molecule has 1 aromatic rings. The highest BCUT2D eigenvalue weighted by molar-refractivity contribution is 9.10. The molecule has 0 spiro atoms. The molecule has 1 unspecified atom stereocenters. The number of hydrogen-bond acceptors (Lipinski definition) is 4. The van der Waals surface area contributed by atoms with Gasteiger partial charge in [-0.3, -0.25) is 0 Å². The SMILES string of the molecule is Nc1c(C(O)C(=O)O)ccc(Br)c1OC(F)(F)F. The molecule has 100 valence electrons. The Kier molecular flexibility index (Phi) is 4.07. The van der Waals surface area contributed by atoms with E-state index in [1.807, 2.05) is 0 Å². The van der Waals surface area contributed by atoms with Gasteiger partial charge in [0, 0.05) is 5.56 Å². The lowest BCUT2D eigenvalue weighted by atomic mass is 10.1. The summed E-state index contributed by atoms with van der Waals surface area (Å²) in [7, 11) is 0. The Bertz CT molecular complexity index is 478. The van der Waals surface area contributed by atoms with Gasteiger partial charge >= 0.3 is 12.3 Å². The predicted octanol–water partition coefficient (Wildman–Crippen LogP) is 2.05. The fourth-order valence-corrected chi connectivity index (χ4v) is 1.61. The number of ether oxygens (including phenoxy) is 1. The number of nitrogen functional groups attached to an aromatic ring is 1. The number of nitrogens with two attached hydrogens (primary N) is 1. The fraction of sp³-hybridized carbons (Fsp3) is 0.222. The van der Waals surface area contributed by atoms with Crippen LogP contribution in [0.15, 0.2) is 16.6 Å². The summed E-state index contributed by atoms with van der Waals surface area (Å²) in [6, 6.07) is 2.18. The molecule has 0 saturated carbocycles. The number of aliphatic hydroxyl groups excluding tert-OH is 1. The monoisotopic (exact) mass is 329 g/mol. The summed E-state index contributed by atoms with van der Waals surface area (Å²) in [5.74, 6) is -2.43. The van der Waals surface area contributed by atoms with E-state index < -0.39 is 29.9 Å². The summed E-state index contributed by atoms with van der Waals surface area (Å²) in [5.41, 5.74) is 4.37. The number of alkyl halides is 3. The van der Waals surface area contributed by atoms with E-state index in [4.69, 9.17) is 10.8 Å². The van der Waals surface area contributed by atoms with Crippen molar-refractivity contribution >= 4 is 27.6 Å². The molecule has 0 aromatic heterocycles. The zero-order valence-electron chi connectivity index (χ0n) is 8.53. The number of carbonyl (C=O) groups is 1. The number of benzene rings is 1. The molecule has 1 rings (SSSR count). The van der Waals surface area contributed by atoms with E-state index in [-0.39, 0.29) is 10.0 Å². The molecule has 4 N–H and O–H groups in total. The van der Waals surface area contributed by atoms with Gasteiger partial charge in [0.25, 0.3) is 0 Å². The van der Waals surface area contributed by atoms with Crippen molar-refractivity contribution in [3.63, 3.8) is 0 Å². The minimum atomic E-state index is -4.98. The molecule has 0 heterocycles. The first-order valence-electron chi connectivity index (χ1n) is 4.38. The van der Waals surface area contributed by atoms with Gasteiger partial charge in [-0.1, -0.05) is 6.07 Å². The van der Waals surface area contributed by atoms with Gasteiger partial charge in [-0.15, -0.1) is 13.2 Å². The molecule has 18 heavy (non-hydrogen) atoms. The lowest BCUT2D eigenvalue weighted by molar-refractivity contribution is -0.274. The van der Waals surface area contributed by atoms with Crippen molar-refractivity contribution < 1.29 is 32.9 Å². The van der Waals surface area contributed by atoms with Crippen LogP contribution in [-0.2, 0) is 4.79 Å². The molecule has 0 saturated heterocycles. The number of anilines is 1. The molecule has 0 bridgehead atoms. The van der Waals surface area contributed by atoms with E-state index in [1.54, 1.807) is 0 Å². The van der Waals surface area contributed by atoms with Crippen LogP contribution < -0.4 is 10.5 Å². The van der Waals surface area contributed by atoms with E-state index in [1.165, 1.54) is 0 Å². The van der Waals surface area contributed by atoms with Gasteiger partial charge in [0.1, 0.15) is 0 Å². The Labute approximate surface area is 107 Å². The standard InChI is InChI=1S/C9H7BrF3NO4/c10-4-2-1-3(6(15)8(16)17)5(14)7(4)18-9(11,12)13/h1-2,6,15H,14H2,(H,16,17). The average molecular weight is 330 g/mol. The van der Waals surface area contributed by atoms with Crippen molar-refractivity contribution in [1.29, 1.82) is 0 Å². The van der Waals surface area contributed by atoms with Crippen LogP contribution in [0.25, 0.3) is 0 Å². The summed E-state index contributed by atoms with van der Waals surface area (Å²) < 4.78 is 39.9. The maximum Gasteiger partial charge on any atom is 0.573 e. The number of carboxylic acids is 1. The summed E-state index contributed by atoms with van der Waals surface area (Å²) in [4.78, 5) is 10.6. The van der Waals surface area contributed by atoms with Crippen molar-refractivity contribution in [3.8, 4) is 5.75 Å². The summed E-state index contributed by atoms with van der Waals surface area (Å²) in [6.45, 7) is 0. The molecule has 0 aliphatic carbocycles. The summed E-state index contributed by atoms with van der Waals surface area (Å²) >= 11 is 2.79. The molecule has 1 atom stereocenters. The van der Waals surface area contributed by atoms with Crippen LogP contribution in [0.2, 0.25) is 0 Å². The Balaban J connectivity index is 3.27. The maximum atomic E-state index is 12.1. The predicted molar refractivity (Wildman–Crippen MR) is 57.8 cm³/mol. The van der Waals surface area contributed by atoms with Gasteiger partial charge in [0.05, 0.1) is 10.2 Å². The molecule has 0 amide bonds. The van der Waals surface area contributed by atoms with Crippen molar-refractivity contribution in [2.45, 2.75) is 12.5 Å². The molecule has 0 aliphatic rings. The maximum absolute atomic E-state index is 12.1. The third-order valence-electron chi connectivity index (χ3n) is 1.93. The smallest absolute Gasteiger partial charge is 0.479 e. The van der Waals surface area contributed by atoms with E-state index in [0.717, 1.165) is 12.1 Å². The van der Waals surface area contributed by atoms with Gasteiger partial charge in [-0.2, -0.15) is 0 Å². The second-order valence-corrected chi connectivity index (χ2v) is 4.02. The first-order valence-corrected chi connectivity index (χ1v) is 5.17. The van der Waals surface area contributed by atoms with Gasteiger partial charge in [0.15, 0.2) is 11.9 Å². The first kappa shape index (κ1) is 14.6. The molecule has 0 aliphatic heterocycles. The first-order chi connectivity index (χ1) is 8.13. The van der Waals surface area contributed by atoms with Gasteiger partial charge in [-0.05, 0) is 22.0 Å². The lowest BCUT2D eigenvalue weighted by Gasteiger charge is -2.16. The normalized spacial score (nSPS) is 13.2. The molecule has 1 aromatic carbocycles. The van der Waals surface area contributed by atoms with Crippen LogP contribution in [-0.4, -0.2) is 22.5 Å². The second kappa shape index (κ2) is 5.02. The van der Waals surface area contributed by atoms with Gasteiger partial charge in [-0.25, -0.2) is 4.79 Å². The zero-order chi connectivity index (χ0) is 14.1. The highest BCUT2D eigenvalue weighted by atomic mass is 79.9. The minimum Gasteiger partial charge on any atom is -0.479 e. The Morgan fingerprint density at radius 1 is 1.44 bits per heavy atom. The number of aliphatic hydroxyl groups is 1. The van der Waals surface area contributed by atoms with Crippen LogP contribution >= 0.6 is 15.9 Å². The fourth-order valence-electron chi connectivity index (χ4n) is 1.18. The number of hydrogen-bond donors (Lipinski definition) is 3. The average Bonchev–Trinajstić information content (AvgIpc) is 2.22. The summed E-state index contributed by atoms with van der Waals surface area (Å²) in [5, 5.41) is 17.8. The highest BCUT2D eigenvalue weighted by Gasteiger charge is 2.34. The molecule has 0 fully saturated rings. The molecule has 5 nitrogen and oxygen atoms in total. The largest absolute Gasteiger partial charge is 0.573 e. The Morgan fingerprint density at radius 2 is 2.00 bits per heavy atom. The Hall–Kier alpha value is -1.48. The topological polar surface area (TPSA) is 92.8 Å². The minimum absolute atomic E-state index is 0.112. The molecular formula is C9H7BrF3NO4. The van der Waals surface area contributed by atoms with Crippen LogP contribution in [0.3, 0.4) is 0 Å². The van der Waals surface area contributed by atoms with Crippen molar-refractivity contribution in [2.75, 3.05) is 5.73 Å². The van der Waals surface area contributed by atoms with E-state index in [2.05, 4.69) is 20.7 Å². The van der Waals surface area contributed by atoms with E-state index in [9.17, 15) is 23.1 Å². The third-order valence-corrected chi connectivity index (χ3v) is 2.55. The number of rotatable bonds is 3. The molecule has 0 radical (unpaired) electrons. The zero-order valence-corrected chi connectivity index (χ0v) is 10.1. The molecule has 9 heteroatoms. The number of halogens is 4.